The Morgan fingerprint density at radius 2 is 2.11 bits per heavy atom. The molecular formula is C23H22O4. The molecule has 0 unspecified atom stereocenters. The van der Waals surface area contributed by atoms with Gasteiger partial charge in [0.25, 0.3) is 0 Å². The minimum Gasteiger partial charge on any atom is -0.507 e. The fraction of sp³-hybridized carbons (Fsp3) is 0.261. The highest BCUT2D eigenvalue weighted by molar-refractivity contribution is 6.11. The molecule has 1 aliphatic heterocycles. The van der Waals surface area contributed by atoms with E-state index in [4.69, 9.17) is 9.47 Å². The van der Waals surface area contributed by atoms with E-state index in [-0.39, 0.29) is 23.0 Å². The van der Waals surface area contributed by atoms with E-state index in [1.54, 1.807) is 13.2 Å². The van der Waals surface area contributed by atoms with Crippen molar-refractivity contribution in [3.63, 3.8) is 0 Å². The van der Waals surface area contributed by atoms with Gasteiger partial charge in [-0.1, -0.05) is 42.5 Å². The lowest BCUT2D eigenvalue weighted by Gasteiger charge is -2.30. The Labute approximate surface area is 158 Å². The number of allylic oxidation sites excluding steroid dienone is 2. The minimum absolute atomic E-state index is 0.0951. The zero-order valence-corrected chi connectivity index (χ0v) is 15.4. The Morgan fingerprint density at radius 1 is 1.33 bits per heavy atom. The molecule has 0 saturated carbocycles. The summed E-state index contributed by atoms with van der Waals surface area (Å²) in [6.45, 7) is 2.01. The van der Waals surface area contributed by atoms with Gasteiger partial charge < -0.3 is 14.6 Å². The van der Waals surface area contributed by atoms with E-state index < -0.39 is 5.60 Å². The van der Waals surface area contributed by atoms with Crippen LogP contribution in [0.2, 0.25) is 0 Å². The van der Waals surface area contributed by atoms with E-state index in [2.05, 4.69) is 6.08 Å². The van der Waals surface area contributed by atoms with Crippen molar-refractivity contribution in [1.82, 2.24) is 0 Å². The molecule has 1 heterocycles. The molecule has 2 aliphatic rings. The largest absolute Gasteiger partial charge is 0.507 e. The molecule has 4 rings (SSSR count). The lowest BCUT2D eigenvalue weighted by Crippen LogP contribution is -2.33. The van der Waals surface area contributed by atoms with Gasteiger partial charge in [-0.2, -0.15) is 0 Å². The van der Waals surface area contributed by atoms with E-state index in [0.29, 0.717) is 11.5 Å². The van der Waals surface area contributed by atoms with Crippen LogP contribution in [0.1, 0.15) is 47.2 Å². The molecule has 4 nitrogen and oxygen atoms in total. The highest BCUT2D eigenvalue weighted by Gasteiger charge is 2.48. The van der Waals surface area contributed by atoms with Crippen molar-refractivity contribution in [2.75, 3.05) is 7.11 Å². The van der Waals surface area contributed by atoms with Crippen molar-refractivity contribution >= 4 is 11.9 Å². The van der Waals surface area contributed by atoms with E-state index >= 15 is 0 Å². The van der Waals surface area contributed by atoms with Crippen LogP contribution in [0.15, 0.2) is 54.6 Å². The van der Waals surface area contributed by atoms with E-state index in [9.17, 15) is 9.90 Å². The zero-order valence-electron chi connectivity index (χ0n) is 15.4. The molecule has 2 aromatic carbocycles. The van der Waals surface area contributed by atoms with Crippen molar-refractivity contribution < 1.29 is 19.4 Å². The van der Waals surface area contributed by atoms with Crippen LogP contribution in [0.25, 0.3) is 6.08 Å². The molecule has 1 aliphatic carbocycles. The van der Waals surface area contributed by atoms with Crippen LogP contribution in [0.4, 0.5) is 0 Å². The first-order valence-corrected chi connectivity index (χ1v) is 9.11. The molecule has 2 aromatic rings. The van der Waals surface area contributed by atoms with Crippen LogP contribution in [0.3, 0.4) is 0 Å². The third-order valence-electron chi connectivity index (χ3n) is 5.39. The van der Waals surface area contributed by atoms with Gasteiger partial charge in [0.05, 0.1) is 7.11 Å². The second-order valence-electron chi connectivity index (χ2n) is 7.14. The van der Waals surface area contributed by atoms with Gasteiger partial charge in [0.2, 0.25) is 0 Å². The van der Waals surface area contributed by atoms with Crippen LogP contribution in [0.5, 0.6) is 17.2 Å². The van der Waals surface area contributed by atoms with Gasteiger partial charge in [-0.15, -0.1) is 0 Å². The number of phenolic OH excluding ortho intramolecular Hbond substituents is 1. The molecule has 0 aromatic heterocycles. The number of aromatic hydroxyl groups is 1. The highest BCUT2D eigenvalue weighted by atomic mass is 16.5. The van der Waals surface area contributed by atoms with Crippen molar-refractivity contribution in [3.8, 4) is 17.2 Å². The Kier molecular flexibility index (Phi) is 4.27. The molecule has 27 heavy (non-hydrogen) atoms. The number of ether oxygens (including phenoxy) is 2. The number of hydrogen-bond donors (Lipinski definition) is 1. The fourth-order valence-corrected chi connectivity index (χ4v) is 4.04. The summed E-state index contributed by atoms with van der Waals surface area (Å²) in [4.78, 5) is 12.9. The van der Waals surface area contributed by atoms with E-state index in [1.807, 2.05) is 43.3 Å². The highest BCUT2D eigenvalue weighted by Crippen LogP contribution is 2.56. The first-order chi connectivity index (χ1) is 13.0. The Bertz CT molecular complexity index is 943. The summed E-state index contributed by atoms with van der Waals surface area (Å²) >= 11 is 0. The number of ketones is 1. The van der Waals surface area contributed by atoms with Crippen LogP contribution in [-0.2, 0) is 0 Å². The number of carbonyl (C=O) groups excluding carboxylic acids is 1. The van der Waals surface area contributed by atoms with Gasteiger partial charge in [-0.3, -0.25) is 4.79 Å². The Balaban J connectivity index is 1.79. The standard InChI is InChI=1S/C23H22O4/c1-23-13-7-6-10-16(23)20-19(26-2)14-18(25)21(22(20)27-23)17(24)12-11-15-8-4-3-5-9-15/h3-5,7-9,11-14,16,25H,6,10H2,1-2H3/b12-11+/t16-,23-/m0/s1. The summed E-state index contributed by atoms with van der Waals surface area (Å²) in [5.41, 5.74) is 1.46. The summed E-state index contributed by atoms with van der Waals surface area (Å²) in [5, 5.41) is 10.5. The number of carbonyl (C=O) groups is 1. The van der Waals surface area contributed by atoms with Gasteiger partial charge in [0.15, 0.2) is 5.78 Å². The lowest BCUT2D eigenvalue weighted by molar-refractivity contribution is 0.102. The maximum Gasteiger partial charge on any atom is 0.193 e. The zero-order chi connectivity index (χ0) is 19.0. The molecule has 0 amide bonds. The average molecular weight is 362 g/mol. The van der Waals surface area contributed by atoms with Gasteiger partial charge >= 0.3 is 0 Å². The molecule has 0 fully saturated rings. The van der Waals surface area contributed by atoms with E-state index in [1.165, 1.54) is 12.1 Å². The lowest BCUT2D eigenvalue weighted by atomic mass is 9.78. The van der Waals surface area contributed by atoms with Crippen molar-refractivity contribution in [3.05, 3.63) is 71.3 Å². The van der Waals surface area contributed by atoms with Gasteiger partial charge in [0, 0.05) is 17.5 Å². The quantitative estimate of drug-likeness (QED) is 0.478. The van der Waals surface area contributed by atoms with E-state index in [0.717, 1.165) is 24.0 Å². The average Bonchev–Trinajstić information content (AvgIpc) is 2.98. The third-order valence-corrected chi connectivity index (χ3v) is 5.39. The molecular weight excluding hydrogens is 340 g/mol. The van der Waals surface area contributed by atoms with Gasteiger partial charge in [-0.25, -0.2) is 0 Å². The van der Waals surface area contributed by atoms with Crippen LogP contribution < -0.4 is 9.47 Å². The SMILES string of the molecule is COc1cc(O)c(C(=O)/C=C/c2ccccc2)c2c1[C@@H]1CCC=C[C@]1(C)O2. The second kappa shape index (κ2) is 6.62. The molecule has 4 heteroatoms. The number of methoxy groups -OCH3 is 1. The Hall–Kier alpha value is -3.01. The molecule has 0 radical (unpaired) electrons. The monoisotopic (exact) mass is 362 g/mol. The number of phenols is 1. The summed E-state index contributed by atoms with van der Waals surface area (Å²) in [6, 6.07) is 11.1. The summed E-state index contributed by atoms with van der Waals surface area (Å²) in [5.74, 6) is 0.683. The smallest absolute Gasteiger partial charge is 0.193 e. The first kappa shape index (κ1) is 17.4. The number of benzene rings is 2. The maximum absolute atomic E-state index is 12.9. The molecule has 1 N–H and O–H groups in total. The van der Waals surface area contributed by atoms with Gasteiger partial charge in [-0.05, 0) is 37.5 Å². The molecule has 0 spiro atoms. The van der Waals surface area contributed by atoms with Crippen LogP contribution >= 0.6 is 0 Å². The van der Waals surface area contributed by atoms with Crippen molar-refractivity contribution in [2.24, 2.45) is 0 Å². The van der Waals surface area contributed by atoms with Crippen LogP contribution in [0, 0.1) is 0 Å². The topological polar surface area (TPSA) is 55.8 Å². The number of rotatable bonds is 4. The van der Waals surface area contributed by atoms with Gasteiger partial charge in [0.1, 0.15) is 28.4 Å². The summed E-state index contributed by atoms with van der Waals surface area (Å²) < 4.78 is 11.7. The third kappa shape index (κ3) is 2.91. The second-order valence-corrected chi connectivity index (χ2v) is 7.14. The van der Waals surface area contributed by atoms with Crippen molar-refractivity contribution in [2.45, 2.75) is 31.3 Å². The predicted octanol–water partition coefficient (Wildman–Crippen LogP) is 4.88. The fourth-order valence-electron chi connectivity index (χ4n) is 4.04. The predicted molar refractivity (Wildman–Crippen MR) is 105 cm³/mol. The number of fused-ring (bicyclic) bond motifs is 3. The maximum atomic E-state index is 12.9. The number of hydrogen-bond acceptors (Lipinski definition) is 4. The Morgan fingerprint density at radius 3 is 2.85 bits per heavy atom. The molecule has 138 valence electrons. The normalized spacial score (nSPS) is 23.0. The first-order valence-electron chi connectivity index (χ1n) is 9.11. The molecule has 0 saturated heterocycles. The van der Waals surface area contributed by atoms with Crippen molar-refractivity contribution in [1.29, 1.82) is 0 Å². The van der Waals surface area contributed by atoms with Crippen LogP contribution in [-0.4, -0.2) is 23.6 Å². The molecule has 0 bridgehead atoms. The summed E-state index contributed by atoms with van der Waals surface area (Å²) in [7, 11) is 1.57. The minimum atomic E-state index is -0.528. The summed E-state index contributed by atoms with van der Waals surface area (Å²) in [6.07, 6.45) is 9.22. The molecule has 2 atom stereocenters.